The van der Waals surface area contributed by atoms with Gasteiger partial charge in [0.25, 0.3) is 0 Å². The van der Waals surface area contributed by atoms with Crippen molar-refractivity contribution in [3.63, 3.8) is 0 Å². The van der Waals surface area contributed by atoms with Crippen LogP contribution >= 0.6 is 0 Å². The normalized spacial score (nSPS) is 17.1. The number of rotatable bonds is 6. The fourth-order valence-corrected chi connectivity index (χ4v) is 1.74. The van der Waals surface area contributed by atoms with Crippen molar-refractivity contribution in [2.75, 3.05) is 13.7 Å². The summed E-state index contributed by atoms with van der Waals surface area (Å²) in [4.78, 5) is 0. The Morgan fingerprint density at radius 2 is 1.62 bits per heavy atom. The van der Waals surface area contributed by atoms with Gasteiger partial charge < -0.3 is 4.74 Å². The standard InChI is InChI=1S/C11H23FO/c1-6-10(3,7-2)8-11(4,12)9-13-5/h6-9H2,1-5H3. The third-order valence-corrected chi connectivity index (χ3v) is 2.95. The van der Waals surface area contributed by atoms with E-state index in [1.807, 2.05) is 0 Å². The van der Waals surface area contributed by atoms with Gasteiger partial charge in [0.05, 0.1) is 6.61 Å². The van der Waals surface area contributed by atoms with Crippen LogP contribution < -0.4 is 0 Å². The Hall–Kier alpha value is -0.110. The van der Waals surface area contributed by atoms with Gasteiger partial charge in [0.15, 0.2) is 0 Å². The molecule has 0 heterocycles. The molecule has 0 saturated heterocycles. The van der Waals surface area contributed by atoms with Crippen molar-refractivity contribution < 1.29 is 9.13 Å². The van der Waals surface area contributed by atoms with Gasteiger partial charge in [-0.25, -0.2) is 4.39 Å². The molecule has 1 nitrogen and oxygen atoms in total. The van der Waals surface area contributed by atoms with Gasteiger partial charge >= 0.3 is 0 Å². The van der Waals surface area contributed by atoms with Gasteiger partial charge in [-0.05, 0) is 18.8 Å². The minimum absolute atomic E-state index is 0.113. The lowest BCUT2D eigenvalue weighted by Gasteiger charge is -2.33. The molecule has 0 aromatic rings. The number of alkyl halides is 1. The second-order valence-corrected chi connectivity index (χ2v) is 4.54. The molecule has 0 amide bonds. The van der Waals surface area contributed by atoms with E-state index in [1.165, 1.54) is 0 Å². The lowest BCUT2D eigenvalue weighted by Crippen LogP contribution is -2.32. The van der Waals surface area contributed by atoms with E-state index < -0.39 is 5.67 Å². The van der Waals surface area contributed by atoms with Crippen LogP contribution in [-0.2, 0) is 4.74 Å². The molecule has 0 N–H and O–H groups in total. The molecule has 0 bridgehead atoms. The first-order chi connectivity index (χ1) is 5.89. The summed E-state index contributed by atoms with van der Waals surface area (Å²) >= 11 is 0. The summed E-state index contributed by atoms with van der Waals surface area (Å²) in [6.07, 6.45) is 2.63. The molecule has 0 spiro atoms. The molecule has 2 heteroatoms. The van der Waals surface area contributed by atoms with E-state index in [2.05, 4.69) is 20.8 Å². The first-order valence-electron chi connectivity index (χ1n) is 5.07. The van der Waals surface area contributed by atoms with E-state index in [1.54, 1.807) is 14.0 Å². The summed E-state index contributed by atoms with van der Waals surface area (Å²) in [5.41, 5.74) is -1.07. The van der Waals surface area contributed by atoms with Gasteiger partial charge in [0.1, 0.15) is 5.67 Å². The highest BCUT2D eigenvalue weighted by molar-refractivity contribution is 4.83. The zero-order chi connectivity index (χ0) is 10.5. The number of halogens is 1. The van der Waals surface area contributed by atoms with Crippen LogP contribution in [0.5, 0.6) is 0 Å². The summed E-state index contributed by atoms with van der Waals surface area (Å²) in [5.74, 6) is 0. The lowest BCUT2D eigenvalue weighted by molar-refractivity contribution is 0.0147. The third kappa shape index (κ3) is 4.61. The van der Waals surface area contributed by atoms with Crippen LogP contribution in [0.1, 0.15) is 47.0 Å². The molecular formula is C11H23FO. The maximum absolute atomic E-state index is 13.8. The van der Waals surface area contributed by atoms with Crippen molar-refractivity contribution in [1.82, 2.24) is 0 Å². The van der Waals surface area contributed by atoms with Crippen molar-refractivity contribution >= 4 is 0 Å². The van der Waals surface area contributed by atoms with Crippen LogP contribution in [0.2, 0.25) is 0 Å². The Kier molecular flexibility index (Phi) is 4.90. The second-order valence-electron chi connectivity index (χ2n) is 4.54. The largest absolute Gasteiger partial charge is 0.381 e. The van der Waals surface area contributed by atoms with Crippen molar-refractivity contribution in [2.24, 2.45) is 5.41 Å². The molecule has 0 rings (SSSR count). The first-order valence-corrected chi connectivity index (χ1v) is 5.07. The minimum Gasteiger partial charge on any atom is -0.381 e. The zero-order valence-electron chi connectivity index (χ0n) is 9.61. The van der Waals surface area contributed by atoms with Gasteiger partial charge in [0, 0.05) is 7.11 Å². The lowest BCUT2D eigenvalue weighted by atomic mass is 9.76. The Balaban J connectivity index is 4.21. The van der Waals surface area contributed by atoms with Crippen LogP contribution in [-0.4, -0.2) is 19.4 Å². The van der Waals surface area contributed by atoms with E-state index in [9.17, 15) is 4.39 Å². The summed E-state index contributed by atoms with van der Waals surface area (Å²) in [5, 5.41) is 0. The summed E-state index contributed by atoms with van der Waals surface area (Å²) in [6.45, 7) is 8.20. The quantitative estimate of drug-likeness (QED) is 0.622. The Morgan fingerprint density at radius 3 is 1.92 bits per heavy atom. The molecular weight excluding hydrogens is 167 g/mol. The molecule has 1 unspecified atom stereocenters. The van der Waals surface area contributed by atoms with Crippen LogP contribution in [0.25, 0.3) is 0 Å². The molecule has 0 fully saturated rings. The Labute approximate surface area is 81.7 Å². The van der Waals surface area contributed by atoms with Crippen molar-refractivity contribution in [3.8, 4) is 0 Å². The van der Waals surface area contributed by atoms with Gasteiger partial charge in [0.2, 0.25) is 0 Å². The molecule has 0 aliphatic rings. The molecule has 80 valence electrons. The fourth-order valence-electron chi connectivity index (χ4n) is 1.74. The fraction of sp³-hybridized carbons (Fsp3) is 1.00. The number of methoxy groups -OCH3 is 1. The molecule has 0 aromatic carbocycles. The first kappa shape index (κ1) is 12.9. The molecule has 1 atom stereocenters. The van der Waals surface area contributed by atoms with Gasteiger partial charge in [-0.3, -0.25) is 0 Å². The average molecular weight is 190 g/mol. The van der Waals surface area contributed by atoms with E-state index in [0.29, 0.717) is 6.42 Å². The van der Waals surface area contributed by atoms with E-state index >= 15 is 0 Å². The highest BCUT2D eigenvalue weighted by atomic mass is 19.1. The summed E-state index contributed by atoms with van der Waals surface area (Å²) in [7, 11) is 1.55. The monoisotopic (exact) mass is 190 g/mol. The van der Waals surface area contributed by atoms with Crippen molar-refractivity contribution in [2.45, 2.75) is 52.6 Å². The predicted octanol–water partition coefficient (Wildman–Crippen LogP) is 3.58. The van der Waals surface area contributed by atoms with Crippen LogP contribution in [0.3, 0.4) is 0 Å². The van der Waals surface area contributed by atoms with Gasteiger partial charge in [-0.15, -0.1) is 0 Å². The van der Waals surface area contributed by atoms with Gasteiger partial charge in [-0.2, -0.15) is 0 Å². The van der Waals surface area contributed by atoms with Crippen molar-refractivity contribution in [1.29, 1.82) is 0 Å². The highest BCUT2D eigenvalue weighted by Gasteiger charge is 2.33. The Bertz CT molecular complexity index is 139. The predicted molar refractivity (Wildman–Crippen MR) is 54.7 cm³/mol. The Morgan fingerprint density at radius 1 is 1.15 bits per heavy atom. The second kappa shape index (κ2) is 4.94. The molecule has 0 saturated carbocycles. The SMILES string of the molecule is CCC(C)(CC)CC(C)(F)COC. The maximum Gasteiger partial charge on any atom is 0.131 e. The van der Waals surface area contributed by atoms with E-state index in [-0.39, 0.29) is 12.0 Å². The van der Waals surface area contributed by atoms with Crippen LogP contribution in [0.15, 0.2) is 0 Å². The molecule has 13 heavy (non-hydrogen) atoms. The molecule has 0 aliphatic heterocycles. The van der Waals surface area contributed by atoms with Gasteiger partial charge in [-0.1, -0.05) is 33.6 Å². The van der Waals surface area contributed by atoms with E-state index in [4.69, 9.17) is 4.74 Å². The molecule has 0 aromatic heterocycles. The summed E-state index contributed by atoms with van der Waals surface area (Å²) in [6, 6.07) is 0. The topological polar surface area (TPSA) is 9.23 Å². The number of ether oxygens (including phenoxy) is 1. The molecule has 0 radical (unpaired) electrons. The smallest absolute Gasteiger partial charge is 0.131 e. The van der Waals surface area contributed by atoms with Crippen LogP contribution in [0, 0.1) is 5.41 Å². The molecule has 0 aliphatic carbocycles. The van der Waals surface area contributed by atoms with Crippen LogP contribution in [0.4, 0.5) is 4.39 Å². The van der Waals surface area contributed by atoms with Crippen molar-refractivity contribution in [3.05, 3.63) is 0 Å². The number of hydrogen-bond donors (Lipinski definition) is 0. The minimum atomic E-state index is -1.18. The number of hydrogen-bond acceptors (Lipinski definition) is 1. The average Bonchev–Trinajstić information content (AvgIpc) is 2.03. The summed E-state index contributed by atoms with van der Waals surface area (Å²) < 4.78 is 18.7. The third-order valence-electron chi connectivity index (χ3n) is 2.95. The van der Waals surface area contributed by atoms with E-state index in [0.717, 1.165) is 12.8 Å². The maximum atomic E-state index is 13.8. The highest BCUT2D eigenvalue weighted by Crippen LogP contribution is 2.36. The zero-order valence-corrected chi connectivity index (χ0v) is 9.61.